The standard InChI is InChI=1S/C29H27F4N5OS/c1-16-12-37(13-17(2)35-16)27-21-11-22(29(31,32)33)24(18-6-8-20(30)9-7-18)26-25(21)38(28(39)36-27)14-19(15-40-26)23-5-3-4-10-34-23/h3-11,16-17,19,35H,12-15H2,1-2H3/t16-,17+,19-/m0/s1. The van der Waals surface area contributed by atoms with Crippen molar-refractivity contribution in [2.24, 2.45) is 0 Å². The number of halogens is 4. The molecule has 2 aromatic heterocycles. The van der Waals surface area contributed by atoms with Crippen LogP contribution in [0.4, 0.5) is 23.4 Å². The fourth-order valence-corrected chi connectivity index (χ4v) is 7.20. The van der Waals surface area contributed by atoms with E-state index in [4.69, 9.17) is 0 Å². The van der Waals surface area contributed by atoms with Crippen molar-refractivity contribution in [1.82, 2.24) is 19.9 Å². The third-order valence-corrected chi connectivity index (χ3v) is 8.69. The molecule has 4 aromatic rings. The van der Waals surface area contributed by atoms with Crippen molar-refractivity contribution in [2.45, 2.75) is 49.5 Å². The maximum absolute atomic E-state index is 14.8. The number of piperazine rings is 1. The van der Waals surface area contributed by atoms with Gasteiger partial charge >= 0.3 is 11.9 Å². The Morgan fingerprint density at radius 1 is 1.02 bits per heavy atom. The molecule has 40 heavy (non-hydrogen) atoms. The van der Waals surface area contributed by atoms with Gasteiger partial charge in [0, 0.05) is 71.1 Å². The monoisotopic (exact) mass is 569 g/mol. The van der Waals surface area contributed by atoms with Crippen LogP contribution in [0, 0.1) is 5.82 Å². The summed E-state index contributed by atoms with van der Waals surface area (Å²) in [6, 6.07) is 11.7. The molecule has 1 saturated heterocycles. The van der Waals surface area contributed by atoms with Gasteiger partial charge in [0.05, 0.1) is 11.1 Å². The number of hydrogen-bond acceptors (Lipinski definition) is 6. The Bertz CT molecular complexity index is 1610. The van der Waals surface area contributed by atoms with Crippen LogP contribution in [0.3, 0.4) is 0 Å². The maximum atomic E-state index is 14.8. The molecule has 0 aliphatic carbocycles. The van der Waals surface area contributed by atoms with E-state index in [1.807, 2.05) is 30.9 Å². The summed E-state index contributed by atoms with van der Waals surface area (Å²) in [4.78, 5) is 24.8. The normalized spacial score (nSPS) is 21.4. The van der Waals surface area contributed by atoms with Gasteiger partial charge in [0.15, 0.2) is 0 Å². The number of hydrogen-bond donors (Lipinski definition) is 1. The molecule has 0 unspecified atom stereocenters. The number of aromatic nitrogens is 3. The minimum Gasteiger partial charge on any atom is -0.353 e. The van der Waals surface area contributed by atoms with Crippen LogP contribution < -0.4 is 15.9 Å². The summed E-state index contributed by atoms with van der Waals surface area (Å²) in [6.45, 7) is 5.20. The van der Waals surface area contributed by atoms with Gasteiger partial charge in [-0.3, -0.25) is 9.55 Å². The number of anilines is 1. The minimum absolute atomic E-state index is 0.0565. The smallest absolute Gasteiger partial charge is 0.353 e. The molecule has 2 aromatic carbocycles. The van der Waals surface area contributed by atoms with Gasteiger partial charge in [0.2, 0.25) is 0 Å². The molecule has 0 saturated carbocycles. The van der Waals surface area contributed by atoms with Crippen LogP contribution in [-0.2, 0) is 12.7 Å². The second-order valence-electron chi connectivity index (χ2n) is 10.5. The van der Waals surface area contributed by atoms with E-state index in [-0.39, 0.29) is 46.9 Å². The second-order valence-corrected chi connectivity index (χ2v) is 11.5. The van der Waals surface area contributed by atoms with Crippen molar-refractivity contribution < 1.29 is 17.6 Å². The molecule has 6 rings (SSSR count). The Labute approximate surface area is 232 Å². The third kappa shape index (κ3) is 4.85. The average molecular weight is 570 g/mol. The van der Waals surface area contributed by atoms with Gasteiger partial charge in [-0.25, -0.2) is 9.18 Å². The lowest BCUT2D eigenvalue weighted by Crippen LogP contribution is -2.55. The topological polar surface area (TPSA) is 63.1 Å². The number of nitrogens with zero attached hydrogens (tertiary/aromatic N) is 4. The molecular formula is C29H27F4N5OS. The Morgan fingerprint density at radius 3 is 2.40 bits per heavy atom. The largest absolute Gasteiger partial charge is 0.417 e. The Morgan fingerprint density at radius 2 is 1.75 bits per heavy atom. The van der Waals surface area contributed by atoms with E-state index in [0.717, 1.165) is 23.9 Å². The van der Waals surface area contributed by atoms with E-state index in [0.29, 0.717) is 29.3 Å². The first kappa shape index (κ1) is 26.8. The van der Waals surface area contributed by atoms with Crippen LogP contribution >= 0.6 is 11.8 Å². The summed E-state index contributed by atoms with van der Waals surface area (Å²) < 4.78 is 59.7. The van der Waals surface area contributed by atoms with E-state index in [1.54, 1.807) is 12.3 Å². The zero-order valence-corrected chi connectivity index (χ0v) is 22.7. The molecule has 11 heteroatoms. The van der Waals surface area contributed by atoms with E-state index in [2.05, 4.69) is 15.3 Å². The molecule has 3 atom stereocenters. The van der Waals surface area contributed by atoms with Crippen LogP contribution in [-0.4, -0.2) is 45.5 Å². The molecule has 0 amide bonds. The fourth-order valence-electron chi connectivity index (χ4n) is 5.82. The molecule has 6 nitrogen and oxygen atoms in total. The highest BCUT2D eigenvalue weighted by molar-refractivity contribution is 7.99. The van der Waals surface area contributed by atoms with Crippen LogP contribution in [0.25, 0.3) is 22.0 Å². The summed E-state index contributed by atoms with van der Waals surface area (Å²) in [5.41, 5.74) is -0.0124. The van der Waals surface area contributed by atoms with E-state index >= 15 is 0 Å². The quantitative estimate of drug-likeness (QED) is 0.320. The summed E-state index contributed by atoms with van der Waals surface area (Å²) in [6.07, 6.45) is -3.04. The molecule has 0 bridgehead atoms. The zero-order valence-electron chi connectivity index (χ0n) is 21.9. The van der Waals surface area contributed by atoms with Crippen LogP contribution in [0.1, 0.15) is 31.0 Å². The first-order valence-electron chi connectivity index (χ1n) is 13.1. The third-order valence-electron chi connectivity index (χ3n) is 7.43. The van der Waals surface area contributed by atoms with Gasteiger partial charge in [0.1, 0.15) is 11.6 Å². The molecule has 4 heterocycles. The Kier molecular flexibility index (Phi) is 6.82. The second kappa shape index (κ2) is 10.2. The highest BCUT2D eigenvalue weighted by Crippen LogP contribution is 2.49. The van der Waals surface area contributed by atoms with Gasteiger partial charge < -0.3 is 10.2 Å². The molecule has 208 valence electrons. The summed E-state index contributed by atoms with van der Waals surface area (Å²) in [7, 11) is 0. The Hall–Kier alpha value is -3.44. The minimum atomic E-state index is -4.70. The molecule has 1 N–H and O–H groups in total. The summed E-state index contributed by atoms with van der Waals surface area (Å²) >= 11 is 1.27. The number of nitrogens with one attached hydrogen (secondary N) is 1. The molecule has 1 fully saturated rings. The van der Waals surface area contributed by atoms with Gasteiger partial charge in [-0.1, -0.05) is 18.2 Å². The van der Waals surface area contributed by atoms with Crippen molar-refractivity contribution >= 4 is 28.5 Å². The highest BCUT2D eigenvalue weighted by atomic mass is 32.2. The van der Waals surface area contributed by atoms with Crippen LogP contribution in [0.2, 0.25) is 0 Å². The summed E-state index contributed by atoms with van der Waals surface area (Å²) in [5.74, 6) is -0.121. The number of benzene rings is 2. The van der Waals surface area contributed by atoms with Crippen molar-refractivity contribution in [3.05, 3.63) is 82.3 Å². The lowest BCUT2D eigenvalue weighted by atomic mass is 9.96. The van der Waals surface area contributed by atoms with E-state index < -0.39 is 23.2 Å². The highest BCUT2D eigenvalue weighted by Gasteiger charge is 2.39. The molecule has 2 aliphatic heterocycles. The lowest BCUT2D eigenvalue weighted by Gasteiger charge is -2.37. The van der Waals surface area contributed by atoms with Crippen molar-refractivity contribution in [3.63, 3.8) is 0 Å². The maximum Gasteiger partial charge on any atom is 0.417 e. The van der Waals surface area contributed by atoms with Crippen molar-refractivity contribution in [2.75, 3.05) is 23.7 Å². The van der Waals surface area contributed by atoms with Gasteiger partial charge in [-0.2, -0.15) is 18.2 Å². The molecule has 2 aliphatic rings. The molecular weight excluding hydrogens is 542 g/mol. The number of thioether (sulfide) groups is 1. The number of alkyl halides is 3. The van der Waals surface area contributed by atoms with E-state index in [1.165, 1.54) is 28.5 Å². The first-order chi connectivity index (χ1) is 19.1. The van der Waals surface area contributed by atoms with Gasteiger partial charge in [-0.05, 0) is 49.7 Å². The predicted molar refractivity (Wildman–Crippen MR) is 148 cm³/mol. The number of rotatable bonds is 3. The first-order valence-corrected chi connectivity index (χ1v) is 14.1. The van der Waals surface area contributed by atoms with Crippen molar-refractivity contribution in [1.29, 1.82) is 0 Å². The summed E-state index contributed by atoms with van der Waals surface area (Å²) in [5, 5.41) is 3.70. The van der Waals surface area contributed by atoms with Gasteiger partial charge in [-0.15, -0.1) is 11.8 Å². The molecule has 0 spiro atoms. The average Bonchev–Trinajstić information content (AvgIpc) is 3.12. The Balaban J connectivity index is 1.68. The lowest BCUT2D eigenvalue weighted by molar-refractivity contribution is -0.137. The fraction of sp³-hybridized carbons (Fsp3) is 0.345. The van der Waals surface area contributed by atoms with Gasteiger partial charge in [0.25, 0.3) is 0 Å². The zero-order chi connectivity index (χ0) is 28.2. The van der Waals surface area contributed by atoms with Crippen LogP contribution in [0.15, 0.2) is 64.4 Å². The molecule has 0 radical (unpaired) electrons. The number of pyridine rings is 1. The van der Waals surface area contributed by atoms with Crippen LogP contribution in [0.5, 0.6) is 0 Å². The SMILES string of the molecule is C[C@@H]1CN(c2nc(=O)n3c4c(c(-c5ccc(F)cc5)c(C(F)(F)F)cc24)SC[C@@H](c2ccccn2)C3)C[C@H](C)N1. The van der Waals surface area contributed by atoms with E-state index in [9.17, 15) is 22.4 Å². The predicted octanol–water partition coefficient (Wildman–Crippen LogP) is 5.69. The van der Waals surface area contributed by atoms with Crippen molar-refractivity contribution in [3.8, 4) is 11.1 Å².